The van der Waals surface area contributed by atoms with Crippen LogP contribution in [-0.2, 0) is 14.3 Å². The number of amides is 1. The average molecular weight is 323 g/mol. The van der Waals surface area contributed by atoms with Gasteiger partial charge in [0.15, 0.2) is 0 Å². The van der Waals surface area contributed by atoms with Crippen molar-refractivity contribution in [2.24, 2.45) is 29.4 Å². The van der Waals surface area contributed by atoms with Gasteiger partial charge in [-0.15, -0.1) is 0 Å². The highest BCUT2D eigenvalue weighted by Crippen LogP contribution is 2.53. The van der Waals surface area contributed by atoms with Crippen LogP contribution >= 0.6 is 0 Å². The summed E-state index contributed by atoms with van der Waals surface area (Å²) in [5, 5.41) is 3.44. The molecule has 3 aliphatic heterocycles. The zero-order chi connectivity index (χ0) is 16.8. The molecule has 3 saturated heterocycles. The number of nitrogens with two attached hydrogens (primary N) is 1. The molecule has 5 unspecified atom stereocenters. The monoisotopic (exact) mass is 323 g/mol. The van der Waals surface area contributed by atoms with Crippen molar-refractivity contribution in [1.29, 1.82) is 0 Å². The van der Waals surface area contributed by atoms with E-state index >= 15 is 0 Å². The Morgan fingerprint density at radius 2 is 2.17 bits per heavy atom. The Bertz CT molecular complexity index is 495. The third kappa shape index (κ3) is 2.66. The molecule has 1 saturated carbocycles. The van der Waals surface area contributed by atoms with Gasteiger partial charge in [0.05, 0.1) is 7.11 Å². The topological polar surface area (TPSA) is 84.7 Å². The van der Waals surface area contributed by atoms with Gasteiger partial charge < -0.3 is 15.8 Å². The third-order valence-electron chi connectivity index (χ3n) is 6.14. The fraction of sp³-hybridized carbons (Fsp3) is 0.882. The van der Waals surface area contributed by atoms with E-state index in [0.29, 0.717) is 36.6 Å². The number of carbonyl (C=O) groups excluding carboxylic acids is 2. The lowest BCUT2D eigenvalue weighted by atomic mass is 9.58. The second-order valence-corrected chi connectivity index (χ2v) is 7.90. The molecule has 0 aromatic carbocycles. The maximum atomic E-state index is 12.3. The number of primary amides is 1. The first-order valence-corrected chi connectivity index (χ1v) is 8.75. The Hall–Kier alpha value is -1.14. The van der Waals surface area contributed by atoms with Crippen molar-refractivity contribution < 1.29 is 14.3 Å². The Labute approximate surface area is 138 Å². The van der Waals surface area contributed by atoms with Crippen molar-refractivity contribution >= 4 is 11.9 Å². The molecule has 23 heavy (non-hydrogen) atoms. The highest BCUT2D eigenvalue weighted by Gasteiger charge is 2.64. The number of carbonyl (C=O) groups is 2. The number of hydrogen-bond donors (Lipinski definition) is 2. The van der Waals surface area contributed by atoms with E-state index in [0.717, 1.165) is 26.1 Å². The lowest BCUT2D eigenvalue weighted by Crippen LogP contribution is -2.73. The molecule has 6 nitrogen and oxygen atoms in total. The quantitative estimate of drug-likeness (QED) is 0.690. The normalized spacial score (nSPS) is 39.0. The van der Waals surface area contributed by atoms with Crippen molar-refractivity contribution in [2.75, 3.05) is 26.7 Å². The van der Waals surface area contributed by atoms with Gasteiger partial charge in [-0.3, -0.25) is 14.5 Å². The van der Waals surface area contributed by atoms with E-state index in [-0.39, 0.29) is 17.8 Å². The second-order valence-electron chi connectivity index (χ2n) is 7.90. The molecular formula is C17H29N3O3. The zero-order valence-corrected chi connectivity index (χ0v) is 14.4. The first-order valence-electron chi connectivity index (χ1n) is 8.75. The summed E-state index contributed by atoms with van der Waals surface area (Å²) in [5.41, 5.74) is 5.18. The number of piperidine rings is 2. The van der Waals surface area contributed by atoms with Crippen molar-refractivity contribution in [3.63, 3.8) is 0 Å². The van der Waals surface area contributed by atoms with Gasteiger partial charge in [0.25, 0.3) is 0 Å². The standard InChI is InChI=1S/C17H29N3O3/c1-10(2)8-20-9-11-6-17(16(18)22)13(4-5-14(21)23-3)15(20)12(11)7-19-17/h10-13,15,19H,4-9H2,1-3H3,(H2,18,22). The number of likely N-dealkylation sites (tertiary alicyclic amines) is 1. The molecule has 130 valence electrons. The molecule has 0 aromatic rings. The highest BCUT2D eigenvalue weighted by atomic mass is 16.5. The summed E-state index contributed by atoms with van der Waals surface area (Å²) in [4.78, 5) is 26.5. The van der Waals surface area contributed by atoms with Crippen molar-refractivity contribution in [3.8, 4) is 0 Å². The van der Waals surface area contributed by atoms with Crippen LogP contribution in [0.3, 0.4) is 0 Å². The SMILES string of the molecule is COC(=O)CCC1C2C3CNC1(C(N)=O)CC3CN2CC(C)C. The van der Waals surface area contributed by atoms with Crippen molar-refractivity contribution in [3.05, 3.63) is 0 Å². The van der Waals surface area contributed by atoms with Crippen LogP contribution in [0.4, 0.5) is 0 Å². The maximum absolute atomic E-state index is 12.3. The van der Waals surface area contributed by atoms with Crippen LogP contribution in [0.1, 0.15) is 33.1 Å². The third-order valence-corrected chi connectivity index (χ3v) is 6.14. The highest BCUT2D eigenvalue weighted by molar-refractivity contribution is 5.86. The molecule has 4 aliphatic rings. The number of hydrogen-bond acceptors (Lipinski definition) is 5. The van der Waals surface area contributed by atoms with Gasteiger partial charge in [0, 0.05) is 38.0 Å². The summed E-state index contributed by atoms with van der Waals surface area (Å²) in [6.45, 7) is 7.42. The van der Waals surface area contributed by atoms with E-state index in [9.17, 15) is 9.59 Å². The van der Waals surface area contributed by atoms with Crippen LogP contribution in [0, 0.1) is 23.7 Å². The van der Waals surface area contributed by atoms with E-state index in [4.69, 9.17) is 10.5 Å². The molecular weight excluding hydrogens is 294 g/mol. The Morgan fingerprint density at radius 1 is 1.43 bits per heavy atom. The predicted molar refractivity (Wildman–Crippen MR) is 86.5 cm³/mol. The molecule has 4 bridgehead atoms. The van der Waals surface area contributed by atoms with Crippen LogP contribution in [0.15, 0.2) is 0 Å². The predicted octanol–water partition coefficient (Wildman–Crippen LogP) is 0.359. The van der Waals surface area contributed by atoms with Gasteiger partial charge in [-0.2, -0.15) is 0 Å². The van der Waals surface area contributed by atoms with Gasteiger partial charge in [-0.1, -0.05) is 13.8 Å². The Balaban J connectivity index is 1.87. The van der Waals surface area contributed by atoms with Gasteiger partial charge in [-0.25, -0.2) is 0 Å². The van der Waals surface area contributed by atoms with E-state index < -0.39 is 5.54 Å². The van der Waals surface area contributed by atoms with Crippen LogP contribution in [0.25, 0.3) is 0 Å². The molecule has 5 atom stereocenters. The minimum Gasteiger partial charge on any atom is -0.469 e. The molecule has 1 amide bonds. The fourth-order valence-electron chi connectivity index (χ4n) is 5.35. The van der Waals surface area contributed by atoms with Gasteiger partial charge in [-0.05, 0) is 30.6 Å². The summed E-state index contributed by atoms with van der Waals surface area (Å²) >= 11 is 0. The summed E-state index contributed by atoms with van der Waals surface area (Å²) in [5.74, 6) is 1.32. The molecule has 0 spiro atoms. The number of fused-ring (bicyclic) bond motifs is 1. The van der Waals surface area contributed by atoms with Crippen molar-refractivity contribution in [2.45, 2.75) is 44.7 Å². The lowest BCUT2D eigenvalue weighted by Gasteiger charge is -2.55. The fourth-order valence-corrected chi connectivity index (χ4v) is 5.35. The largest absolute Gasteiger partial charge is 0.469 e. The van der Waals surface area contributed by atoms with Crippen molar-refractivity contribution in [1.82, 2.24) is 10.2 Å². The zero-order valence-electron chi connectivity index (χ0n) is 14.4. The summed E-state index contributed by atoms with van der Waals surface area (Å²) in [6, 6.07) is 0.356. The molecule has 4 fully saturated rings. The minimum absolute atomic E-state index is 0.0929. The van der Waals surface area contributed by atoms with Gasteiger partial charge in [0.2, 0.25) is 5.91 Å². The van der Waals surface area contributed by atoms with E-state index in [1.165, 1.54) is 7.11 Å². The molecule has 4 rings (SSSR count). The van der Waals surface area contributed by atoms with Crippen LogP contribution < -0.4 is 11.1 Å². The van der Waals surface area contributed by atoms with E-state index in [2.05, 4.69) is 24.1 Å². The van der Waals surface area contributed by atoms with Gasteiger partial charge in [0.1, 0.15) is 5.54 Å². The number of ether oxygens (including phenoxy) is 1. The van der Waals surface area contributed by atoms with E-state index in [1.54, 1.807) is 0 Å². The van der Waals surface area contributed by atoms with Crippen LogP contribution in [0.5, 0.6) is 0 Å². The number of nitrogens with zero attached hydrogens (tertiary/aromatic N) is 1. The van der Waals surface area contributed by atoms with Crippen LogP contribution in [-0.4, -0.2) is 55.1 Å². The second kappa shape index (κ2) is 6.06. The van der Waals surface area contributed by atoms with Crippen LogP contribution in [0.2, 0.25) is 0 Å². The average Bonchev–Trinajstić information content (AvgIpc) is 2.79. The Morgan fingerprint density at radius 3 is 2.78 bits per heavy atom. The number of methoxy groups -OCH3 is 1. The Kier molecular flexibility index (Phi) is 4.40. The van der Waals surface area contributed by atoms with E-state index in [1.807, 2.05) is 0 Å². The first kappa shape index (κ1) is 16.7. The smallest absolute Gasteiger partial charge is 0.305 e. The minimum atomic E-state index is -0.649. The summed E-state index contributed by atoms with van der Waals surface area (Å²) < 4.78 is 4.80. The molecule has 0 aromatic heterocycles. The molecule has 3 N–H and O–H groups in total. The number of rotatable bonds is 6. The first-order chi connectivity index (χ1) is 10.9. The summed E-state index contributed by atoms with van der Waals surface area (Å²) in [7, 11) is 1.41. The maximum Gasteiger partial charge on any atom is 0.305 e. The van der Waals surface area contributed by atoms with Gasteiger partial charge >= 0.3 is 5.97 Å². The number of nitrogens with one attached hydrogen (secondary N) is 1. The summed E-state index contributed by atoms with van der Waals surface area (Å²) in [6.07, 6.45) is 1.82. The molecule has 3 heterocycles. The number of esters is 1. The molecule has 1 aliphatic carbocycles. The lowest BCUT2D eigenvalue weighted by molar-refractivity contribution is -0.144. The molecule has 6 heteroatoms. The molecule has 0 radical (unpaired) electrons.